The van der Waals surface area contributed by atoms with Gasteiger partial charge in [0, 0.05) is 31.6 Å². The maximum Gasteiger partial charge on any atom is 0.227 e. The molecule has 0 aromatic heterocycles. The van der Waals surface area contributed by atoms with Gasteiger partial charge in [-0.05, 0) is 49.1 Å². The molecule has 3 aliphatic rings. The molecule has 3 heterocycles. The second kappa shape index (κ2) is 6.80. The van der Waals surface area contributed by atoms with Gasteiger partial charge in [0.2, 0.25) is 5.96 Å². The second-order valence-electron chi connectivity index (χ2n) is 7.56. The van der Waals surface area contributed by atoms with Gasteiger partial charge in [0.05, 0.1) is 5.69 Å². The van der Waals surface area contributed by atoms with Gasteiger partial charge in [-0.3, -0.25) is 0 Å². The number of fused-ring (bicyclic) bond motifs is 3. The minimum atomic E-state index is -0.238. The first kappa shape index (κ1) is 16.5. The number of hydrogen-bond donors (Lipinski definition) is 0. The molecule has 0 aliphatic carbocycles. The minimum Gasteiger partial charge on any atom is -0.355 e. The topological polar surface area (TPSA) is 31.2 Å². The molecule has 2 unspecified atom stereocenters. The van der Waals surface area contributed by atoms with Crippen LogP contribution in [-0.2, 0) is 6.54 Å². The fraction of sp³-hybridized carbons (Fsp3) is 0.364. The summed E-state index contributed by atoms with van der Waals surface area (Å²) in [5, 5.41) is 0. The van der Waals surface area contributed by atoms with Gasteiger partial charge in [-0.25, -0.2) is 9.38 Å². The molecule has 0 saturated carbocycles. The van der Waals surface area contributed by atoms with Gasteiger partial charge in [-0.2, -0.15) is 4.99 Å². The Morgan fingerprint density at radius 3 is 2.63 bits per heavy atom. The van der Waals surface area contributed by atoms with Crippen molar-refractivity contribution in [3.05, 3.63) is 66.0 Å². The lowest BCUT2D eigenvalue weighted by atomic mass is 9.94. The molecule has 0 radical (unpaired) electrons. The van der Waals surface area contributed by atoms with Crippen molar-refractivity contribution in [2.24, 2.45) is 15.9 Å². The Labute approximate surface area is 159 Å². The number of nitrogens with zero attached hydrogens (tertiary/aromatic N) is 4. The normalized spacial score (nSPS) is 25.5. The molecule has 138 valence electrons. The first-order valence-electron chi connectivity index (χ1n) is 9.76. The zero-order chi connectivity index (χ0) is 18.2. The highest BCUT2D eigenvalue weighted by atomic mass is 19.1. The number of halogens is 1. The van der Waals surface area contributed by atoms with E-state index in [1.165, 1.54) is 36.4 Å². The van der Waals surface area contributed by atoms with Gasteiger partial charge in [0.25, 0.3) is 0 Å². The molecule has 2 saturated heterocycles. The third-order valence-electron chi connectivity index (χ3n) is 5.87. The average molecular weight is 362 g/mol. The summed E-state index contributed by atoms with van der Waals surface area (Å²) in [5.74, 6) is 2.24. The van der Waals surface area contributed by atoms with Gasteiger partial charge in [0.1, 0.15) is 11.7 Å². The highest BCUT2D eigenvalue weighted by Gasteiger charge is 2.44. The monoisotopic (exact) mass is 362 g/mol. The number of likely N-dealkylation sites (tertiary alicyclic amines) is 1. The largest absolute Gasteiger partial charge is 0.355 e. The molecule has 2 aromatic rings. The minimum absolute atomic E-state index is 0.238. The number of rotatable bonds is 3. The SMILES string of the molecule is Fc1ccc(N=C2N=C3C(CCN3Cc3ccccc3)C3CCCN23)cc1. The van der Waals surface area contributed by atoms with Crippen molar-refractivity contribution in [1.29, 1.82) is 0 Å². The smallest absolute Gasteiger partial charge is 0.227 e. The molecule has 2 atom stereocenters. The highest BCUT2D eigenvalue weighted by molar-refractivity contribution is 6.02. The summed E-state index contributed by atoms with van der Waals surface area (Å²) in [6.45, 7) is 2.95. The maximum absolute atomic E-state index is 13.2. The van der Waals surface area contributed by atoms with E-state index < -0.39 is 0 Å². The lowest BCUT2D eigenvalue weighted by Crippen LogP contribution is -2.47. The molecular weight excluding hydrogens is 339 g/mol. The zero-order valence-corrected chi connectivity index (χ0v) is 15.3. The van der Waals surface area contributed by atoms with Gasteiger partial charge in [-0.1, -0.05) is 30.3 Å². The molecule has 27 heavy (non-hydrogen) atoms. The number of aliphatic imine (C=N–C) groups is 2. The lowest BCUT2D eigenvalue weighted by Gasteiger charge is -2.36. The first-order valence-corrected chi connectivity index (χ1v) is 9.76. The Bertz CT molecular complexity index is 875. The fourth-order valence-electron chi connectivity index (χ4n) is 4.60. The molecule has 2 aromatic carbocycles. The van der Waals surface area contributed by atoms with Crippen LogP contribution in [0.4, 0.5) is 10.1 Å². The standard InChI is InChI=1S/C22H23FN4/c23-17-8-10-18(11-9-17)24-22-25-21-19(20-7-4-13-27(20)22)12-14-26(21)15-16-5-2-1-3-6-16/h1-3,5-6,8-11,19-20H,4,7,12-15H2. The Kier molecular flexibility index (Phi) is 4.15. The third kappa shape index (κ3) is 3.11. The van der Waals surface area contributed by atoms with Crippen molar-refractivity contribution in [2.45, 2.75) is 31.8 Å². The molecule has 3 aliphatic heterocycles. The maximum atomic E-state index is 13.2. The first-order chi connectivity index (χ1) is 13.3. The number of benzene rings is 2. The van der Waals surface area contributed by atoms with Gasteiger partial charge in [0.15, 0.2) is 0 Å². The van der Waals surface area contributed by atoms with Crippen LogP contribution in [0.3, 0.4) is 0 Å². The van der Waals surface area contributed by atoms with Crippen LogP contribution in [-0.4, -0.2) is 40.7 Å². The van der Waals surface area contributed by atoms with E-state index in [-0.39, 0.29) is 5.82 Å². The lowest BCUT2D eigenvalue weighted by molar-refractivity contribution is 0.318. The molecule has 4 nitrogen and oxygen atoms in total. The van der Waals surface area contributed by atoms with Crippen molar-refractivity contribution >= 4 is 17.5 Å². The van der Waals surface area contributed by atoms with Crippen molar-refractivity contribution in [2.75, 3.05) is 13.1 Å². The number of hydrogen-bond acceptors (Lipinski definition) is 2. The van der Waals surface area contributed by atoms with Crippen LogP contribution in [0.1, 0.15) is 24.8 Å². The zero-order valence-electron chi connectivity index (χ0n) is 15.3. The Morgan fingerprint density at radius 1 is 1.00 bits per heavy atom. The van der Waals surface area contributed by atoms with Crippen molar-refractivity contribution < 1.29 is 4.39 Å². The van der Waals surface area contributed by atoms with Crippen LogP contribution in [0.5, 0.6) is 0 Å². The van der Waals surface area contributed by atoms with E-state index in [2.05, 4.69) is 40.1 Å². The summed E-state index contributed by atoms with van der Waals surface area (Å²) in [5.41, 5.74) is 2.07. The van der Waals surface area contributed by atoms with E-state index in [0.717, 1.165) is 37.7 Å². The Balaban J connectivity index is 1.48. The Morgan fingerprint density at radius 2 is 1.81 bits per heavy atom. The molecule has 0 spiro atoms. The van der Waals surface area contributed by atoms with Crippen LogP contribution in [0.25, 0.3) is 0 Å². The summed E-state index contributed by atoms with van der Waals surface area (Å²) in [6, 6.07) is 17.4. The summed E-state index contributed by atoms with van der Waals surface area (Å²) >= 11 is 0. The average Bonchev–Trinajstić information content (AvgIpc) is 3.32. The number of amidine groups is 1. The summed E-state index contributed by atoms with van der Waals surface area (Å²) in [6.07, 6.45) is 3.55. The van der Waals surface area contributed by atoms with E-state index >= 15 is 0 Å². The molecule has 5 heteroatoms. The van der Waals surface area contributed by atoms with Crippen LogP contribution < -0.4 is 0 Å². The van der Waals surface area contributed by atoms with Gasteiger partial charge < -0.3 is 9.80 Å². The van der Waals surface area contributed by atoms with Crippen molar-refractivity contribution in [3.63, 3.8) is 0 Å². The van der Waals surface area contributed by atoms with Crippen LogP contribution in [0.2, 0.25) is 0 Å². The van der Waals surface area contributed by atoms with E-state index in [0.29, 0.717) is 12.0 Å². The molecular formula is C22H23FN4. The molecule has 0 bridgehead atoms. The highest BCUT2D eigenvalue weighted by Crippen LogP contribution is 2.37. The Hall–Kier alpha value is -2.69. The van der Waals surface area contributed by atoms with E-state index in [1.54, 1.807) is 12.1 Å². The molecule has 5 rings (SSSR count). The van der Waals surface area contributed by atoms with Crippen molar-refractivity contribution in [1.82, 2.24) is 9.80 Å². The fourth-order valence-corrected chi connectivity index (χ4v) is 4.60. The third-order valence-corrected chi connectivity index (χ3v) is 5.87. The van der Waals surface area contributed by atoms with Crippen LogP contribution in [0, 0.1) is 11.7 Å². The summed E-state index contributed by atoms with van der Waals surface area (Å²) in [7, 11) is 0. The molecule has 2 fully saturated rings. The van der Waals surface area contributed by atoms with Crippen LogP contribution in [0.15, 0.2) is 64.6 Å². The molecule has 0 N–H and O–H groups in total. The predicted molar refractivity (Wildman–Crippen MR) is 106 cm³/mol. The van der Waals surface area contributed by atoms with E-state index in [9.17, 15) is 4.39 Å². The van der Waals surface area contributed by atoms with E-state index in [1.807, 2.05) is 0 Å². The quantitative estimate of drug-likeness (QED) is 0.819. The van der Waals surface area contributed by atoms with E-state index in [4.69, 9.17) is 9.98 Å². The van der Waals surface area contributed by atoms with Gasteiger partial charge >= 0.3 is 0 Å². The van der Waals surface area contributed by atoms with Crippen LogP contribution >= 0.6 is 0 Å². The van der Waals surface area contributed by atoms with Gasteiger partial charge in [-0.15, -0.1) is 0 Å². The second-order valence-corrected chi connectivity index (χ2v) is 7.56. The van der Waals surface area contributed by atoms with Crippen molar-refractivity contribution in [3.8, 4) is 0 Å². The predicted octanol–water partition coefficient (Wildman–Crippen LogP) is 4.21. The summed E-state index contributed by atoms with van der Waals surface area (Å²) in [4.78, 5) is 14.5. The number of guanidine groups is 1. The summed E-state index contributed by atoms with van der Waals surface area (Å²) < 4.78 is 13.2. The molecule has 0 amide bonds.